The predicted molar refractivity (Wildman–Crippen MR) is 78.9 cm³/mol. The summed E-state index contributed by atoms with van der Waals surface area (Å²) in [6.07, 6.45) is 1.42. The minimum Gasteiger partial charge on any atom is -0.483 e. The molecule has 0 aliphatic carbocycles. The van der Waals surface area contributed by atoms with Gasteiger partial charge in [-0.3, -0.25) is 9.89 Å². The molecule has 6 heteroatoms. The summed E-state index contributed by atoms with van der Waals surface area (Å²) in [6, 6.07) is 7.78. The quantitative estimate of drug-likeness (QED) is 0.882. The summed E-state index contributed by atoms with van der Waals surface area (Å²) in [6.45, 7) is 4.59. The number of hydrogen-bond donors (Lipinski definition) is 1. The van der Waals surface area contributed by atoms with E-state index in [2.05, 4.69) is 29.0 Å². The fourth-order valence-electron chi connectivity index (χ4n) is 1.96. The fraction of sp³-hybridized carbons (Fsp3) is 0.400. The van der Waals surface area contributed by atoms with E-state index < -0.39 is 0 Å². The highest BCUT2D eigenvalue weighted by atomic mass is 16.5. The zero-order valence-corrected chi connectivity index (χ0v) is 12.5. The van der Waals surface area contributed by atoms with Gasteiger partial charge in [-0.05, 0) is 17.5 Å². The SMILES string of the molecule is CC(C)c1ccccc1OCC(=O)N(C)Cc1ncn[nH]1. The van der Waals surface area contributed by atoms with Crippen molar-refractivity contribution in [3.63, 3.8) is 0 Å². The van der Waals surface area contributed by atoms with Crippen LogP contribution in [-0.4, -0.2) is 39.6 Å². The lowest BCUT2D eigenvalue weighted by molar-refractivity contribution is -0.132. The molecule has 0 radical (unpaired) electrons. The van der Waals surface area contributed by atoms with Crippen molar-refractivity contribution >= 4 is 5.91 Å². The Labute approximate surface area is 124 Å². The van der Waals surface area contributed by atoms with E-state index in [1.807, 2.05) is 24.3 Å². The van der Waals surface area contributed by atoms with Gasteiger partial charge >= 0.3 is 0 Å². The van der Waals surface area contributed by atoms with Crippen molar-refractivity contribution in [2.24, 2.45) is 0 Å². The molecular weight excluding hydrogens is 268 g/mol. The number of rotatable bonds is 6. The van der Waals surface area contributed by atoms with Crippen LogP contribution >= 0.6 is 0 Å². The molecule has 6 nitrogen and oxygen atoms in total. The molecule has 0 unspecified atom stereocenters. The summed E-state index contributed by atoms with van der Waals surface area (Å²) in [5, 5.41) is 6.48. The topological polar surface area (TPSA) is 71.1 Å². The zero-order valence-electron chi connectivity index (χ0n) is 12.5. The van der Waals surface area contributed by atoms with Gasteiger partial charge < -0.3 is 9.64 Å². The molecule has 0 aliphatic heterocycles. The molecule has 0 aliphatic rings. The van der Waals surface area contributed by atoms with Crippen molar-refractivity contribution < 1.29 is 9.53 Å². The second-order valence-electron chi connectivity index (χ2n) is 5.16. The van der Waals surface area contributed by atoms with Crippen molar-refractivity contribution in [1.82, 2.24) is 20.1 Å². The third-order valence-electron chi connectivity index (χ3n) is 3.17. The number of hydrogen-bond acceptors (Lipinski definition) is 4. The Balaban J connectivity index is 1.92. The summed E-state index contributed by atoms with van der Waals surface area (Å²) >= 11 is 0. The highest BCUT2D eigenvalue weighted by Crippen LogP contribution is 2.25. The van der Waals surface area contributed by atoms with E-state index in [-0.39, 0.29) is 12.5 Å². The van der Waals surface area contributed by atoms with Crippen molar-refractivity contribution in [2.75, 3.05) is 13.7 Å². The molecule has 0 fully saturated rings. The van der Waals surface area contributed by atoms with E-state index in [9.17, 15) is 4.79 Å². The van der Waals surface area contributed by atoms with Crippen LogP contribution in [0, 0.1) is 0 Å². The van der Waals surface area contributed by atoms with Gasteiger partial charge in [-0.1, -0.05) is 32.0 Å². The second kappa shape index (κ2) is 6.88. The van der Waals surface area contributed by atoms with Crippen molar-refractivity contribution in [1.29, 1.82) is 0 Å². The van der Waals surface area contributed by atoms with Gasteiger partial charge in [-0.2, -0.15) is 5.10 Å². The number of benzene rings is 1. The van der Waals surface area contributed by atoms with Gasteiger partial charge in [-0.15, -0.1) is 0 Å². The molecule has 0 saturated carbocycles. The van der Waals surface area contributed by atoms with E-state index in [1.54, 1.807) is 11.9 Å². The van der Waals surface area contributed by atoms with Crippen molar-refractivity contribution in [2.45, 2.75) is 26.3 Å². The highest BCUT2D eigenvalue weighted by Gasteiger charge is 2.13. The van der Waals surface area contributed by atoms with Gasteiger partial charge in [0.1, 0.15) is 17.9 Å². The number of carbonyl (C=O) groups excluding carboxylic acids is 1. The molecule has 112 valence electrons. The largest absolute Gasteiger partial charge is 0.483 e. The summed E-state index contributed by atoms with van der Waals surface area (Å²) in [7, 11) is 1.71. The lowest BCUT2D eigenvalue weighted by Crippen LogP contribution is -2.31. The van der Waals surface area contributed by atoms with Gasteiger partial charge in [-0.25, -0.2) is 4.98 Å². The number of nitrogens with zero attached hydrogens (tertiary/aromatic N) is 3. The van der Waals surface area contributed by atoms with Gasteiger partial charge in [0.25, 0.3) is 5.91 Å². The molecule has 21 heavy (non-hydrogen) atoms. The van der Waals surface area contributed by atoms with Crippen LogP contribution in [-0.2, 0) is 11.3 Å². The zero-order chi connectivity index (χ0) is 15.2. The summed E-state index contributed by atoms with van der Waals surface area (Å²) in [5.74, 6) is 1.65. The average Bonchev–Trinajstić information content (AvgIpc) is 2.97. The Kier molecular flexibility index (Phi) is 4.92. The number of aromatic nitrogens is 3. The predicted octanol–water partition coefficient (Wildman–Crippen LogP) is 1.97. The highest BCUT2D eigenvalue weighted by molar-refractivity contribution is 5.77. The molecular formula is C15H20N4O2. The van der Waals surface area contributed by atoms with Gasteiger partial charge in [0.05, 0.1) is 6.54 Å². The lowest BCUT2D eigenvalue weighted by Gasteiger charge is -2.18. The van der Waals surface area contributed by atoms with Gasteiger partial charge in [0.2, 0.25) is 0 Å². The standard InChI is InChI=1S/C15H20N4O2/c1-11(2)12-6-4-5-7-13(12)21-9-15(20)19(3)8-14-16-10-17-18-14/h4-7,10-11H,8-9H2,1-3H3,(H,16,17,18). The lowest BCUT2D eigenvalue weighted by atomic mass is 10.0. The second-order valence-corrected chi connectivity index (χ2v) is 5.16. The average molecular weight is 288 g/mol. The molecule has 0 bridgehead atoms. The fourth-order valence-corrected chi connectivity index (χ4v) is 1.96. The van der Waals surface area contributed by atoms with Crippen LogP contribution in [0.4, 0.5) is 0 Å². The molecule has 0 saturated heterocycles. The van der Waals surface area contributed by atoms with E-state index in [4.69, 9.17) is 4.74 Å². The van der Waals surface area contributed by atoms with Crippen LogP contribution in [0.2, 0.25) is 0 Å². The molecule has 0 spiro atoms. The van der Waals surface area contributed by atoms with Gasteiger partial charge in [0.15, 0.2) is 6.61 Å². The number of carbonyl (C=O) groups is 1. The van der Waals surface area contributed by atoms with Crippen molar-refractivity contribution in [3.8, 4) is 5.75 Å². The number of para-hydroxylation sites is 1. The van der Waals surface area contributed by atoms with E-state index in [1.165, 1.54) is 6.33 Å². The maximum atomic E-state index is 12.1. The van der Waals surface area contributed by atoms with Crippen LogP contribution in [0.15, 0.2) is 30.6 Å². The van der Waals surface area contributed by atoms with Crippen LogP contribution in [0.3, 0.4) is 0 Å². The monoisotopic (exact) mass is 288 g/mol. The van der Waals surface area contributed by atoms with E-state index >= 15 is 0 Å². The minimum atomic E-state index is -0.107. The van der Waals surface area contributed by atoms with E-state index in [0.29, 0.717) is 18.3 Å². The summed E-state index contributed by atoms with van der Waals surface area (Å²) in [4.78, 5) is 17.6. The smallest absolute Gasteiger partial charge is 0.260 e. The molecule has 2 rings (SSSR count). The maximum Gasteiger partial charge on any atom is 0.260 e. The molecule has 1 aromatic heterocycles. The molecule has 1 N–H and O–H groups in total. The maximum absolute atomic E-state index is 12.1. The molecule has 1 aromatic carbocycles. The first-order valence-corrected chi connectivity index (χ1v) is 6.88. The third kappa shape index (κ3) is 4.05. The minimum absolute atomic E-state index is 0.00830. The Morgan fingerprint density at radius 3 is 2.81 bits per heavy atom. The van der Waals surface area contributed by atoms with Crippen molar-refractivity contribution in [3.05, 3.63) is 42.0 Å². The number of nitrogens with one attached hydrogen (secondary N) is 1. The van der Waals surface area contributed by atoms with Crippen LogP contribution in [0.1, 0.15) is 31.2 Å². The molecule has 1 heterocycles. The molecule has 0 atom stereocenters. The number of H-pyrrole nitrogens is 1. The van der Waals surface area contributed by atoms with Crippen LogP contribution < -0.4 is 4.74 Å². The van der Waals surface area contributed by atoms with E-state index in [0.717, 1.165) is 11.3 Å². The van der Waals surface area contributed by atoms with Crippen LogP contribution in [0.25, 0.3) is 0 Å². The first kappa shape index (κ1) is 15.0. The number of amides is 1. The normalized spacial score (nSPS) is 10.7. The molecule has 2 aromatic rings. The summed E-state index contributed by atoms with van der Waals surface area (Å²) < 4.78 is 5.66. The Hall–Kier alpha value is -2.37. The Morgan fingerprint density at radius 1 is 1.38 bits per heavy atom. The Morgan fingerprint density at radius 2 is 2.14 bits per heavy atom. The van der Waals surface area contributed by atoms with Gasteiger partial charge in [0, 0.05) is 7.05 Å². The van der Waals surface area contributed by atoms with Crippen LogP contribution in [0.5, 0.6) is 5.75 Å². The molecule has 1 amide bonds. The number of likely N-dealkylation sites (N-methyl/N-ethyl adjacent to an activating group) is 1. The number of ether oxygens (including phenoxy) is 1. The summed E-state index contributed by atoms with van der Waals surface area (Å²) in [5.41, 5.74) is 1.10. The third-order valence-corrected chi connectivity index (χ3v) is 3.17. The Bertz CT molecular complexity index is 581. The number of aromatic amines is 1. The first-order chi connectivity index (χ1) is 10.1. The first-order valence-electron chi connectivity index (χ1n) is 6.88.